The molecule has 0 aromatic heterocycles. The van der Waals surface area contributed by atoms with Crippen molar-refractivity contribution in [2.75, 3.05) is 0 Å². The zero-order valence-corrected chi connectivity index (χ0v) is 17.8. The summed E-state index contributed by atoms with van der Waals surface area (Å²) < 4.78 is 19.7. The third-order valence-corrected chi connectivity index (χ3v) is 16.1. The Kier molecular flexibility index (Phi) is 5.87. The Morgan fingerprint density at radius 2 is 1.70 bits per heavy atom. The van der Waals surface area contributed by atoms with E-state index in [0.29, 0.717) is 0 Å². The summed E-state index contributed by atoms with van der Waals surface area (Å²) in [6.45, 7) is 16.6. The molecule has 5 heteroatoms. The predicted molar refractivity (Wildman–Crippen MR) is 88.6 cm³/mol. The van der Waals surface area contributed by atoms with Gasteiger partial charge in [0.05, 0.1) is 0 Å². The first-order chi connectivity index (χ1) is 8.95. The molecule has 0 atom stereocenters. The fraction of sp³-hybridized carbons (Fsp3) is 0.600. The van der Waals surface area contributed by atoms with Gasteiger partial charge in [-0.1, -0.05) is 0 Å². The molecule has 0 heterocycles. The van der Waals surface area contributed by atoms with Gasteiger partial charge < -0.3 is 0 Å². The van der Waals surface area contributed by atoms with Crippen LogP contribution in [0.3, 0.4) is 0 Å². The third kappa shape index (κ3) is 4.29. The zero-order chi connectivity index (χ0) is 15.7. The summed E-state index contributed by atoms with van der Waals surface area (Å²) in [4.78, 5) is 0. The molecule has 0 aliphatic carbocycles. The van der Waals surface area contributed by atoms with E-state index in [1.165, 1.54) is 10.8 Å². The molecule has 20 heavy (non-hydrogen) atoms. The molecule has 0 N–H and O–H groups in total. The average molecular weight is 347 g/mol. The van der Waals surface area contributed by atoms with Crippen molar-refractivity contribution in [2.45, 2.75) is 58.9 Å². The Bertz CT molecular complexity index is 469. The first-order valence-corrected chi connectivity index (χ1v) is 17.1. The van der Waals surface area contributed by atoms with Crippen LogP contribution in [0.2, 0.25) is 31.2 Å². The molecule has 0 bridgehead atoms. The van der Waals surface area contributed by atoms with Crippen molar-refractivity contribution < 1.29 is 24.5 Å². The van der Waals surface area contributed by atoms with Gasteiger partial charge in [-0.05, 0) is 0 Å². The molecular formula is C15H28FOSi2Ti. The molecule has 0 fully saturated rings. The Labute approximate surface area is 132 Å². The van der Waals surface area contributed by atoms with Gasteiger partial charge in [-0.15, -0.1) is 0 Å². The number of aryl methyl sites for hydroxylation is 1. The van der Waals surface area contributed by atoms with Crippen LogP contribution in [0, 0.1) is 6.92 Å². The second-order valence-corrected chi connectivity index (χ2v) is 23.7. The Balaban J connectivity index is 3.16. The first-order valence-electron chi connectivity index (χ1n) is 7.27. The van der Waals surface area contributed by atoms with Crippen molar-refractivity contribution in [1.29, 1.82) is 0 Å². The van der Waals surface area contributed by atoms with Gasteiger partial charge in [-0.2, -0.15) is 0 Å². The molecule has 0 aliphatic rings. The molecule has 0 spiro atoms. The molecule has 0 aliphatic heterocycles. The Morgan fingerprint density at radius 3 is 2.15 bits per heavy atom. The van der Waals surface area contributed by atoms with Crippen LogP contribution in [0.1, 0.15) is 26.3 Å². The van der Waals surface area contributed by atoms with E-state index in [1.807, 2.05) is 19.2 Å². The monoisotopic (exact) mass is 347 g/mol. The first kappa shape index (κ1) is 18.1. The molecular weight excluding hydrogens is 319 g/mol. The minimum absolute atomic E-state index is 0.277. The van der Waals surface area contributed by atoms with Crippen LogP contribution in [0.4, 0.5) is 3.09 Å². The minimum atomic E-state index is -2.76. The average Bonchev–Trinajstić information content (AvgIpc) is 2.26. The summed E-state index contributed by atoms with van der Waals surface area (Å²) in [5, 5.41) is 1.65. The van der Waals surface area contributed by atoms with Crippen molar-refractivity contribution >= 4 is 19.9 Å². The van der Waals surface area contributed by atoms with Crippen molar-refractivity contribution in [2.24, 2.45) is 0 Å². The topological polar surface area (TPSA) is 9.23 Å². The normalized spacial score (nSPS) is 12.7. The molecule has 0 saturated heterocycles. The second kappa shape index (κ2) is 6.47. The fourth-order valence-electron chi connectivity index (χ4n) is 1.83. The molecule has 1 aromatic carbocycles. The SMILES string of the molecule is Cc1cc([O][Ti]([F])[SiH](C)C)cc([Si](C)(C)C(C)(C)C)c1. The van der Waals surface area contributed by atoms with Gasteiger partial charge in [0.1, 0.15) is 0 Å². The molecule has 0 amide bonds. The number of halogens is 1. The van der Waals surface area contributed by atoms with Gasteiger partial charge in [-0.25, -0.2) is 0 Å². The molecule has 0 unspecified atom stereocenters. The van der Waals surface area contributed by atoms with E-state index in [2.05, 4.69) is 52.9 Å². The van der Waals surface area contributed by atoms with Crippen molar-refractivity contribution in [3.05, 3.63) is 23.8 Å². The summed E-state index contributed by atoms with van der Waals surface area (Å²) in [5.74, 6) is 0.767. The van der Waals surface area contributed by atoms with Crippen LogP contribution >= 0.6 is 0 Å². The summed E-state index contributed by atoms with van der Waals surface area (Å²) >= 11 is -2.76. The van der Waals surface area contributed by atoms with Crippen molar-refractivity contribution in [3.63, 3.8) is 0 Å². The Hall–Kier alpha value is 0.0981. The second-order valence-electron chi connectivity index (χ2n) is 7.47. The molecule has 0 saturated carbocycles. The molecule has 1 rings (SSSR count). The van der Waals surface area contributed by atoms with E-state index in [1.54, 1.807) is 0 Å². The van der Waals surface area contributed by atoms with Gasteiger partial charge in [-0.3, -0.25) is 0 Å². The maximum atomic E-state index is 14.0. The summed E-state index contributed by atoms with van der Waals surface area (Å²) in [6.07, 6.45) is 0. The van der Waals surface area contributed by atoms with Gasteiger partial charge in [0.2, 0.25) is 0 Å². The summed E-state index contributed by atoms with van der Waals surface area (Å²) in [5.41, 5.74) is 1.18. The van der Waals surface area contributed by atoms with Gasteiger partial charge in [0.25, 0.3) is 0 Å². The van der Waals surface area contributed by atoms with Crippen LogP contribution in [0.5, 0.6) is 5.75 Å². The maximum absolute atomic E-state index is 14.0. The fourth-order valence-corrected chi connectivity index (χ4v) is 6.23. The number of rotatable bonds is 4. The van der Waals surface area contributed by atoms with Crippen LogP contribution in [-0.2, 0) is 18.0 Å². The van der Waals surface area contributed by atoms with Crippen molar-refractivity contribution in [1.82, 2.24) is 0 Å². The Morgan fingerprint density at radius 1 is 1.15 bits per heavy atom. The van der Waals surface area contributed by atoms with Gasteiger partial charge in [0.15, 0.2) is 0 Å². The quantitative estimate of drug-likeness (QED) is 0.729. The third-order valence-electron chi connectivity index (χ3n) is 4.32. The van der Waals surface area contributed by atoms with E-state index in [9.17, 15) is 3.09 Å². The van der Waals surface area contributed by atoms with Crippen LogP contribution in [-0.4, -0.2) is 14.7 Å². The van der Waals surface area contributed by atoms with E-state index in [0.717, 1.165) is 5.75 Å². The predicted octanol–water partition coefficient (Wildman–Crippen LogP) is 4.49. The van der Waals surface area contributed by atoms with E-state index >= 15 is 0 Å². The van der Waals surface area contributed by atoms with Gasteiger partial charge >= 0.3 is 133 Å². The number of hydrogen-bond donors (Lipinski definition) is 0. The standard InChI is InChI=1S/C13H22OSi.C2H7Si.FH.Ti/c1-10-7-11(14)9-12(8-10)15(5,6)13(2,3)4;1-3-2;;/h7-9,14H,1-6H3;3H,1-2H3;1H;/q;;;+2/p-2. The van der Waals surface area contributed by atoms with Gasteiger partial charge in [0, 0.05) is 0 Å². The summed E-state index contributed by atoms with van der Waals surface area (Å²) in [7, 11) is -1.59. The number of hydrogen-bond acceptors (Lipinski definition) is 1. The molecule has 0 radical (unpaired) electrons. The van der Waals surface area contributed by atoms with Crippen LogP contribution in [0.15, 0.2) is 18.2 Å². The molecule has 1 aromatic rings. The van der Waals surface area contributed by atoms with E-state index in [-0.39, 0.29) is 5.04 Å². The van der Waals surface area contributed by atoms with Crippen LogP contribution < -0.4 is 8.51 Å². The van der Waals surface area contributed by atoms with Crippen LogP contribution in [0.25, 0.3) is 0 Å². The molecule has 1 nitrogen and oxygen atoms in total. The molecule has 113 valence electrons. The summed E-state index contributed by atoms with van der Waals surface area (Å²) in [6, 6.07) is 6.35. The van der Waals surface area contributed by atoms with E-state index < -0.39 is 32.8 Å². The van der Waals surface area contributed by atoms with Crippen molar-refractivity contribution in [3.8, 4) is 5.75 Å². The van der Waals surface area contributed by atoms with E-state index in [4.69, 9.17) is 3.32 Å². The zero-order valence-electron chi connectivity index (χ0n) is 14.1. The number of benzene rings is 1.